The molecule has 0 saturated carbocycles. The Morgan fingerprint density at radius 2 is 1.89 bits per heavy atom. The molecule has 182 valence electrons. The predicted octanol–water partition coefficient (Wildman–Crippen LogP) is 4.25. The number of aryl methyl sites for hydroxylation is 1. The van der Waals surface area contributed by atoms with Crippen LogP contribution in [0, 0.1) is 18.6 Å². The van der Waals surface area contributed by atoms with Crippen LogP contribution in [0.25, 0.3) is 16.9 Å². The number of aliphatic hydroxyl groups is 1. The molecule has 0 radical (unpaired) electrons. The number of amides is 1. The first kappa shape index (κ1) is 24.3. The highest BCUT2D eigenvalue weighted by Crippen LogP contribution is 2.27. The van der Waals surface area contributed by atoms with Crippen LogP contribution in [0.5, 0.6) is 0 Å². The van der Waals surface area contributed by atoms with E-state index in [0.29, 0.717) is 22.3 Å². The van der Waals surface area contributed by atoms with Crippen LogP contribution in [0.2, 0.25) is 0 Å². The highest BCUT2D eigenvalue weighted by molar-refractivity contribution is 5.98. The molecule has 0 saturated heterocycles. The number of carbonyl (C=O) groups excluding carboxylic acids is 1. The van der Waals surface area contributed by atoms with Crippen LogP contribution in [0.1, 0.15) is 59.3 Å². The number of nitrogens with one attached hydrogen (secondary N) is 2. The number of hydrogen-bond donors (Lipinski definition) is 3. The van der Waals surface area contributed by atoms with Gasteiger partial charge in [0.25, 0.3) is 11.5 Å². The molecule has 0 spiro atoms. The quantitative estimate of drug-likeness (QED) is 0.368. The Morgan fingerprint density at radius 3 is 2.51 bits per heavy atom. The molecule has 2 aromatic carbocycles. The van der Waals surface area contributed by atoms with Crippen molar-refractivity contribution in [1.29, 1.82) is 0 Å². The molecule has 1 amide bonds. The molecular weight excluding hydrogens is 454 g/mol. The summed E-state index contributed by atoms with van der Waals surface area (Å²) in [6, 6.07) is 9.55. The van der Waals surface area contributed by atoms with Crippen molar-refractivity contribution in [3.8, 4) is 11.4 Å². The highest BCUT2D eigenvalue weighted by atomic mass is 19.1. The molecule has 9 heteroatoms. The minimum absolute atomic E-state index is 0.176. The zero-order valence-corrected chi connectivity index (χ0v) is 19.6. The van der Waals surface area contributed by atoms with Crippen molar-refractivity contribution in [1.82, 2.24) is 19.9 Å². The minimum atomic E-state index is -0.555. The van der Waals surface area contributed by atoms with E-state index in [2.05, 4.69) is 15.4 Å². The van der Waals surface area contributed by atoms with Crippen molar-refractivity contribution in [2.45, 2.75) is 39.2 Å². The fourth-order valence-electron chi connectivity index (χ4n) is 4.18. The summed E-state index contributed by atoms with van der Waals surface area (Å²) >= 11 is 0. The lowest BCUT2D eigenvalue weighted by atomic mass is 9.98. The molecule has 3 N–H and O–H groups in total. The summed E-state index contributed by atoms with van der Waals surface area (Å²) in [4.78, 5) is 29.2. The SMILES string of the molecule is Cc1cc(-c2nn3cc(C(=O)NC(CCO)c4ccc(F)cc4)c(C(C)C)c3c(=O)[nH]2)ccc1F. The number of aliphatic hydroxyl groups excluding tert-OH is 1. The van der Waals surface area contributed by atoms with E-state index in [1.54, 1.807) is 25.1 Å². The van der Waals surface area contributed by atoms with E-state index in [1.807, 2.05) is 13.8 Å². The van der Waals surface area contributed by atoms with Crippen LogP contribution < -0.4 is 10.9 Å². The average molecular weight is 481 g/mol. The van der Waals surface area contributed by atoms with Gasteiger partial charge in [-0.2, -0.15) is 0 Å². The maximum atomic E-state index is 13.7. The van der Waals surface area contributed by atoms with Crippen molar-refractivity contribution in [2.24, 2.45) is 0 Å². The van der Waals surface area contributed by atoms with Gasteiger partial charge < -0.3 is 15.4 Å². The van der Waals surface area contributed by atoms with Gasteiger partial charge in [-0.1, -0.05) is 26.0 Å². The molecule has 0 aliphatic rings. The third kappa shape index (κ3) is 4.85. The molecule has 0 fully saturated rings. The number of nitrogens with zero attached hydrogens (tertiary/aromatic N) is 2. The van der Waals surface area contributed by atoms with Crippen molar-refractivity contribution in [3.05, 3.63) is 92.9 Å². The molecule has 1 atom stereocenters. The number of benzene rings is 2. The van der Waals surface area contributed by atoms with Gasteiger partial charge >= 0.3 is 0 Å². The van der Waals surface area contributed by atoms with E-state index >= 15 is 0 Å². The van der Waals surface area contributed by atoms with Crippen molar-refractivity contribution in [3.63, 3.8) is 0 Å². The minimum Gasteiger partial charge on any atom is -0.396 e. The number of carbonyl (C=O) groups is 1. The normalized spacial score (nSPS) is 12.3. The molecule has 35 heavy (non-hydrogen) atoms. The molecule has 0 bridgehead atoms. The lowest BCUT2D eigenvalue weighted by Crippen LogP contribution is -2.29. The van der Waals surface area contributed by atoms with Gasteiger partial charge in [-0.25, -0.2) is 13.3 Å². The molecule has 0 aliphatic carbocycles. The van der Waals surface area contributed by atoms with Crippen LogP contribution in [-0.4, -0.2) is 32.2 Å². The maximum Gasteiger partial charge on any atom is 0.275 e. The number of rotatable bonds is 7. The Bertz CT molecular complexity index is 1440. The second-order valence-corrected chi connectivity index (χ2v) is 8.76. The van der Waals surface area contributed by atoms with E-state index in [0.717, 1.165) is 0 Å². The van der Waals surface area contributed by atoms with Crippen LogP contribution >= 0.6 is 0 Å². The van der Waals surface area contributed by atoms with Gasteiger partial charge in [0.15, 0.2) is 5.82 Å². The van der Waals surface area contributed by atoms with Gasteiger partial charge in [0, 0.05) is 23.9 Å². The van der Waals surface area contributed by atoms with E-state index in [1.165, 1.54) is 35.0 Å². The third-order valence-corrected chi connectivity index (χ3v) is 5.93. The van der Waals surface area contributed by atoms with E-state index in [-0.39, 0.29) is 41.7 Å². The maximum absolute atomic E-state index is 13.7. The molecule has 7 nitrogen and oxygen atoms in total. The zero-order chi connectivity index (χ0) is 25.3. The predicted molar refractivity (Wildman–Crippen MR) is 128 cm³/mol. The topological polar surface area (TPSA) is 99.5 Å². The van der Waals surface area contributed by atoms with Crippen LogP contribution in [-0.2, 0) is 0 Å². The fraction of sp³-hybridized carbons (Fsp3) is 0.269. The Morgan fingerprint density at radius 1 is 1.17 bits per heavy atom. The summed E-state index contributed by atoms with van der Waals surface area (Å²) in [5, 5.41) is 16.9. The lowest BCUT2D eigenvalue weighted by Gasteiger charge is -2.19. The fourth-order valence-corrected chi connectivity index (χ4v) is 4.18. The van der Waals surface area contributed by atoms with E-state index in [4.69, 9.17) is 0 Å². The standard InChI is InChI=1S/C26H26F2N4O3/c1-14(2)22-19(25(34)29-21(10-11-33)16-4-7-18(27)8-5-16)13-32-23(22)26(35)30-24(31-32)17-6-9-20(28)15(3)12-17/h4-9,12-14,21,33H,10-11H2,1-3H3,(H,29,34)(H,30,31,35). The highest BCUT2D eigenvalue weighted by Gasteiger charge is 2.25. The third-order valence-electron chi connectivity index (χ3n) is 5.93. The monoisotopic (exact) mass is 480 g/mol. The summed E-state index contributed by atoms with van der Waals surface area (Å²) in [5.41, 5.74) is 2.21. The molecule has 1 unspecified atom stereocenters. The van der Waals surface area contributed by atoms with Crippen LogP contribution in [0.3, 0.4) is 0 Å². The van der Waals surface area contributed by atoms with Gasteiger partial charge in [-0.05, 0) is 60.7 Å². The Labute approximate surface area is 200 Å². The average Bonchev–Trinajstić information content (AvgIpc) is 3.22. The second-order valence-electron chi connectivity index (χ2n) is 8.76. The molecule has 0 aliphatic heterocycles. The number of H-pyrrole nitrogens is 1. The van der Waals surface area contributed by atoms with Crippen LogP contribution in [0.4, 0.5) is 8.78 Å². The van der Waals surface area contributed by atoms with Crippen molar-refractivity contribution >= 4 is 11.4 Å². The molecule has 4 rings (SSSR count). The lowest BCUT2D eigenvalue weighted by molar-refractivity contribution is 0.0929. The summed E-state index contributed by atoms with van der Waals surface area (Å²) in [6.07, 6.45) is 1.73. The van der Waals surface area contributed by atoms with Gasteiger partial charge in [-0.3, -0.25) is 9.59 Å². The smallest absolute Gasteiger partial charge is 0.275 e. The second kappa shape index (κ2) is 9.79. The Hall–Kier alpha value is -3.85. The number of halogens is 2. The van der Waals surface area contributed by atoms with Gasteiger partial charge in [-0.15, -0.1) is 5.10 Å². The van der Waals surface area contributed by atoms with Crippen molar-refractivity contribution in [2.75, 3.05) is 6.61 Å². The number of fused-ring (bicyclic) bond motifs is 1. The zero-order valence-electron chi connectivity index (χ0n) is 19.6. The summed E-state index contributed by atoms with van der Waals surface area (Å²) in [5.74, 6) is -1.14. The van der Waals surface area contributed by atoms with Gasteiger partial charge in [0.05, 0.1) is 11.6 Å². The van der Waals surface area contributed by atoms with Gasteiger partial charge in [0.1, 0.15) is 17.2 Å². The molecule has 2 heterocycles. The largest absolute Gasteiger partial charge is 0.396 e. The Kier molecular flexibility index (Phi) is 6.79. The molecule has 4 aromatic rings. The van der Waals surface area contributed by atoms with E-state index in [9.17, 15) is 23.5 Å². The van der Waals surface area contributed by atoms with Crippen LogP contribution in [0.15, 0.2) is 53.5 Å². The summed E-state index contributed by atoms with van der Waals surface area (Å²) < 4.78 is 28.4. The number of aromatic amines is 1. The number of aromatic nitrogens is 3. The molecular formula is C26H26F2N4O3. The first-order chi connectivity index (χ1) is 16.7. The first-order valence-electron chi connectivity index (χ1n) is 11.3. The summed E-state index contributed by atoms with van der Waals surface area (Å²) in [7, 11) is 0. The number of hydrogen-bond acceptors (Lipinski definition) is 4. The van der Waals surface area contributed by atoms with Gasteiger partial charge in [0.2, 0.25) is 0 Å². The summed E-state index contributed by atoms with van der Waals surface area (Å²) in [6.45, 7) is 5.18. The molecule has 2 aromatic heterocycles. The van der Waals surface area contributed by atoms with Crippen molar-refractivity contribution < 1.29 is 18.7 Å². The first-order valence-corrected chi connectivity index (χ1v) is 11.3. The Balaban J connectivity index is 1.77. The van der Waals surface area contributed by atoms with E-state index < -0.39 is 23.3 Å².